The van der Waals surface area contributed by atoms with E-state index in [9.17, 15) is 0 Å². The van der Waals surface area contributed by atoms with Crippen molar-refractivity contribution in [1.29, 1.82) is 0 Å². The molecule has 0 unspecified atom stereocenters. The standard InChI is InChI=1S/C45H37N/c1-10-43(4,5)39-25-17-33(18-26-39)13-14-36-31-37(23-15-34-19-27-40(28-20-34)44(6,7)11-2)42(46)38(32-36)24-16-35-21-29-41(30-22-35)45(8,9)12-3/h1-3,17-22,25-32H,46H2,4-9H3. The summed E-state index contributed by atoms with van der Waals surface area (Å²) >= 11 is 0. The van der Waals surface area contributed by atoms with Gasteiger partial charge in [-0.3, -0.25) is 0 Å². The van der Waals surface area contributed by atoms with E-state index < -0.39 is 0 Å². The monoisotopic (exact) mass is 591 g/mol. The van der Waals surface area contributed by atoms with E-state index in [2.05, 4.69) is 53.3 Å². The van der Waals surface area contributed by atoms with Gasteiger partial charge in [-0.15, -0.1) is 19.3 Å². The van der Waals surface area contributed by atoms with E-state index in [0.29, 0.717) is 16.8 Å². The van der Waals surface area contributed by atoms with E-state index in [0.717, 1.165) is 38.9 Å². The fourth-order valence-corrected chi connectivity index (χ4v) is 4.52. The zero-order valence-corrected chi connectivity index (χ0v) is 27.4. The van der Waals surface area contributed by atoms with E-state index in [1.54, 1.807) is 0 Å². The van der Waals surface area contributed by atoms with E-state index in [-0.39, 0.29) is 16.2 Å². The van der Waals surface area contributed by atoms with Gasteiger partial charge in [0.1, 0.15) is 0 Å². The molecular formula is C45H37N. The summed E-state index contributed by atoms with van der Waals surface area (Å²) in [5.74, 6) is 28.0. The molecule has 0 aromatic heterocycles. The molecule has 0 saturated heterocycles. The van der Waals surface area contributed by atoms with Gasteiger partial charge in [-0.2, -0.15) is 0 Å². The molecule has 0 saturated carbocycles. The highest BCUT2D eigenvalue weighted by Crippen LogP contribution is 2.25. The first-order valence-electron chi connectivity index (χ1n) is 15.0. The lowest BCUT2D eigenvalue weighted by Gasteiger charge is -2.17. The molecule has 1 nitrogen and oxygen atoms in total. The summed E-state index contributed by atoms with van der Waals surface area (Å²) in [5, 5.41) is 0. The van der Waals surface area contributed by atoms with Crippen LogP contribution in [0.25, 0.3) is 0 Å². The second-order valence-electron chi connectivity index (χ2n) is 12.8. The van der Waals surface area contributed by atoms with Crippen molar-refractivity contribution in [1.82, 2.24) is 0 Å². The van der Waals surface area contributed by atoms with Gasteiger partial charge in [0.05, 0.1) is 33.1 Å². The molecule has 0 fully saturated rings. The molecular weight excluding hydrogens is 555 g/mol. The Morgan fingerprint density at radius 2 is 0.674 bits per heavy atom. The summed E-state index contributed by atoms with van der Waals surface area (Å²) in [6, 6.07) is 27.7. The predicted octanol–water partition coefficient (Wildman–Crippen LogP) is 8.20. The summed E-state index contributed by atoms with van der Waals surface area (Å²) in [5.41, 5.74) is 13.9. The number of anilines is 1. The molecule has 4 aromatic carbocycles. The Labute approximate surface area is 276 Å². The minimum absolute atomic E-state index is 0.347. The molecule has 1 heteroatoms. The van der Waals surface area contributed by atoms with Crippen LogP contribution >= 0.6 is 0 Å². The lowest BCUT2D eigenvalue weighted by atomic mass is 9.85. The van der Waals surface area contributed by atoms with Crippen LogP contribution in [0.15, 0.2) is 84.9 Å². The maximum Gasteiger partial charge on any atom is 0.0633 e. The molecule has 2 N–H and O–H groups in total. The van der Waals surface area contributed by atoms with Gasteiger partial charge in [0.25, 0.3) is 0 Å². The zero-order chi connectivity index (χ0) is 33.5. The van der Waals surface area contributed by atoms with Gasteiger partial charge >= 0.3 is 0 Å². The Kier molecular flexibility index (Phi) is 9.56. The van der Waals surface area contributed by atoms with Gasteiger partial charge in [-0.25, -0.2) is 0 Å². The van der Waals surface area contributed by atoms with Crippen molar-refractivity contribution in [2.45, 2.75) is 57.8 Å². The SMILES string of the molecule is C#CC(C)(C)c1ccc(C#Cc2cc(C#Cc3ccc(C(C)(C)C#C)cc3)c(N)c(C#Cc3ccc(C(C)(C)C#C)cc3)c2)cc1. The van der Waals surface area contributed by atoms with Crippen molar-refractivity contribution < 1.29 is 0 Å². The highest BCUT2D eigenvalue weighted by atomic mass is 14.6. The summed E-state index contributed by atoms with van der Waals surface area (Å²) in [6.07, 6.45) is 17.1. The Bertz CT molecular complexity index is 1970. The molecule has 0 aliphatic heterocycles. The number of benzene rings is 4. The maximum atomic E-state index is 6.64. The van der Waals surface area contributed by atoms with Crippen LogP contribution in [0.3, 0.4) is 0 Å². The van der Waals surface area contributed by atoms with E-state index in [1.807, 2.05) is 126 Å². The number of terminal acetylenes is 3. The molecule has 0 atom stereocenters. The number of hydrogen-bond acceptors (Lipinski definition) is 1. The van der Waals surface area contributed by atoms with Crippen molar-refractivity contribution in [3.05, 3.63) is 135 Å². The first-order valence-corrected chi connectivity index (χ1v) is 15.0. The lowest BCUT2D eigenvalue weighted by Crippen LogP contribution is -2.13. The molecule has 0 bridgehead atoms. The number of nitrogens with two attached hydrogens (primary N) is 1. The first kappa shape index (κ1) is 32.9. The van der Waals surface area contributed by atoms with E-state index in [1.165, 1.54) is 0 Å². The highest BCUT2D eigenvalue weighted by Gasteiger charge is 2.18. The van der Waals surface area contributed by atoms with Crippen LogP contribution in [-0.4, -0.2) is 0 Å². The van der Waals surface area contributed by atoms with Gasteiger partial charge < -0.3 is 5.73 Å². The molecule has 0 aliphatic rings. The third-order valence-corrected chi connectivity index (χ3v) is 8.12. The summed E-state index contributed by atoms with van der Waals surface area (Å²) in [6.45, 7) is 12.1. The van der Waals surface area contributed by atoms with Crippen molar-refractivity contribution in [3.63, 3.8) is 0 Å². The topological polar surface area (TPSA) is 26.0 Å². The van der Waals surface area contributed by atoms with Gasteiger partial charge in [0.2, 0.25) is 0 Å². The molecule has 4 rings (SSSR count). The zero-order valence-electron chi connectivity index (χ0n) is 27.4. The van der Waals surface area contributed by atoms with Crippen LogP contribution in [0.4, 0.5) is 5.69 Å². The van der Waals surface area contributed by atoms with Crippen LogP contribution in [0, 0.1) is 72.6 Å². The molecule has 0 aliphatic carbocycles. The van der Waals surface area contributed by atoms with Crippen molar-refractivity contribution in [2.24, 2.45) is 0 Å². The van der Waals surface area contributed by atoms with Crippen LogP contribution in [-0.2, 0) is 16.2 Å². The van der Waals surface area contributed by atoms with Crippen LogP contribution in [0.2, 0.25) is 0 Å². The fraction of sp³-hybridized carbons (Fsp3) is 0.200. The normalized spacial score (nSPS) is 10.8. The summed E-state index contributed by atoms with van der Waals surface area (Å²) in [4.78, 5) is 0. The molecule has 0 heterocycles. The Balaban J connectivity index is 1.74. The van der Waals surface area contributed by atoms with Gasteiger partial charge in [-0.05, 0) is 107 Å². The minimum Gasteiger partial charge on any atom is -0.397 e. The molecule has 222 valence electrons. The Hall–Kier alpha value is -5.96. The molecule has 0 amide bonds. The van der Waals surface area contributed by atoms with Gasteiger partial charge in [-0.1, -0.05) is 89.7 Å². The highest BCUT2D eigenvalue weighted by molar-refractivity contribution is 5.70. The number of nitrogen functional groups attached to an aromatic ring is 1. The third kappa shape index (κ3) is 7.75. The molecule has 4 aromatic rings. The van der Waals surface area contributed by atoms with Gasteiger partial charge in [0.15, 0.2) is 0 Å². The second-order valence-corrected chi connectivity index (χ2v) is 12.8. The predicted molar refractivity (Wildman–Crippen MR) is 194 cm³/mol. The average Bonchev–Trinajstić information content (AvgIpc) is 3.07. The Morgan fingerprint density at radius 3 is 0.957 bits per heavy atom. The summed E-state index contributed by atoms with van der Waals surface area (Å²) in [7, 11) is 0. The average molecular weight is 592 g/mol. The van der Waals surface area contributed by atoms with E-state index in [4.69, 9.17) is 25.0 Å². The lowest BCUT2D eigenvalue weighted by molar-refractivity contribution is 0.699. The third-order valence-electron chi connectivity index (χ3n) is 8.12. The fourth-order valence-electron chi connectivity index (χ4n) is 4.52. The molecule has 0 spiro atoms. The van der Waals surface area contributed by atoms with Crippen LogP contribution in [0.5, 0.6) is 0 Å². The van der Waals surface area contributed by atoms with Crippen molar-refractivity contribution >= 4 is 5.69 Å². The maximum absolute atomic E-state index is 6.64. The van der Waals surface area contributed by atoms with Crippen LogP contribution < -0.4 is 5.73 Å². The first-order chi connectivity index (χ1) is 21.8. The second kappa shape index (κ2) is 13.4. The van der Waals surface area contributed by atoms with Crippen molar-refractivity contribution in [2.75, 3.05) is 5.73 Å². The van der Waals surface area contributed by atoms with Crippen LogP contribution in [0.1, 0.15) is 91.6 Å². The molecule has 0 radical (unpaired) electrons. The van der Waals surface area contributed by atoms with Gasteiger partial charge in [0, 0.05) is 22.3 Å². The smallest absolute Gasteiger partial charge is 0.0633 e. The summed E-state index contributed by atoms with van der Waals surface area (Å²) < 4.78 is 0. The quantitative estimate of drug-likeness (QED) is 0.189. The van der Waals surface area contributed by atoms with E-state index >= 15 is 0 Å². The Morgan fingerprint density at radius 1 is 0.413 bits per heavy atom. The number of rotatable bonds is 3. The largest absolute Gasteiger partial charge is 0.397 e. The number of hydrogen-bond donors (Lipinski definition) is 1. The minimum atomic E-state index is -0.355. The molecule has 46 heavy (non-hydrogen) atoms. The van der Waals surface area contributed by atoms with Crippen molar-refractivity contribution in [3.8, 4) is 72.6 Å².